The molecule has 1 aromatic rings. The molecule has 0 unspecified atom stereocenters. The van der Waals surface area contributed by atoms with E-state index < -0.39 is 0 Å². The number of nitrogens with zero attached hydrogens (tertiary/aromatic N) is 2. The SMILES string of the molecule is CCCCOC(=O)CSc1ncn[nH]1. The van der Waals surface area contributed by atoms with Gasteiger partial charge in [-0.25, -0.2) is 4.98 Å². The van der Waals surface area contributed by atoms with E-state index in [-0.39, 0.29) is 11.7 Å². The molecule has 1 aromatic heterocycles. The maximum Gasteiger partial charge on any atom is 0.316 e. The van der Waals surface area contributed by atoms with E-state index in [0.29, 0.717) is 11.8 Å². The van der Waals surface area contributed by atoms with Crippen LogP contribution in [-0.2, 0) is 9.53 Å². The van der Waals surface area contributed by atoms with Crippen LogP contribution in [-0.4, -0.2) is 33.5 Å². The van der Waals surface area contributed by atoms with Crippen molar-refractivity contribution in [2.75, 3.05) is 12.4 Å². The van der Waals surface area contributed by atoms with E-state index in [1.165, 1.54) is 18.1 Å². The van der Waals surface area contributed by atoms with Gasteiger partial charge in [0.15, 0.2) is 5.16 Å². The summed E-state index contributed by atoms with van der Waals surface area (Å²) in [6.45, 7) is 2.56. The van der Waals surface area contributed by atoms with Crippen molar-refractivity contribution in [2.24, 2.45) is 0 Å². The van der Waals surface area contributed by atoms with Crippen molar-refractivity contribution < 1.29 is 9.53 Å². The van der Waals surface area contributed by atoms with Crippen molar-refractivity contribution in [3.05, 3.63) is 6.33 Å². The smallest absolute Gasteiger partial charge is 0.316 e. The van der Waals surface area contributed by atoms with E-state index in [2.05, 4.69) is 22.1 Å². The second-order valence-corrected chi connectivity index (χ2v) is 3.62. The fraction of sp³-hybridized carbons (Fsp3) is 0.625. The number of rotatable bonds is 6. The Bertz CT molecular complexity index is 264. The van der Waals surface area contributed by atoms with Crippen LogP contribution < -0.4 is 0 Å². The Labute approximate surface area is 86.6 Å². The minimum Gasteiger partial charge on any atom is -0.465 e. The quantitative estimate of drug-likeness (QED) is 0.439. The highest BCUT2D eigenvalue weighted by Crippen LogP contribution is 2.10. The van der Waals surface area contributed by atoms with Gasteiger partial charge in [0.05, 0.1) is 12.4 Å². The highest BCUT2D eigenvalue weighted by atomic mass is 32.2. The summed E-state index contributed by atoms with van der Waals surface area (Å²) in [6.07, 6.45) is 3.35. The summed E-state index contributed by atoms with van der Waals surface area (Å²) >= 11 is 1.29. The molecule has 0 bridgehead atoms. The highest BCUT2D eigenvalue weighted by molar-refractivity contribution is 7.99. The minimum atomic E-state index is -0.208. The molecule has 0 aliphatic heterocycles. The second-order valence-electron chi connectivity index (χ2n) is 2.65. The van der Waals surface area contributed by atoms with Gasteiger partial charge in [-0.15, -0.1) is 0 Å². The number of aromatic amines is 1. The van der Waals surface area contributed by atoms with Gasteiger partial charge in [-0.3, -0.25) is 9.89 Å². The number of hydrogen-bond donors (Lipinski definition) is 1. The molecular weight excluding hydrogens is 202 g/mol. The van der Waals surface area contributed by atoms with Gasteiger partial charge < -0.3 is 4.74 Å². The van der Waals surface area contributed by atoms with Gasteiger partial charge in [-0.2, -0.15) is 5.10 Å². The Morgan fingerprint density at radius 2 is 2.57 bits per heavy atom. The van der Waals surface area contributed by atoms with Crippen molar-refractivity contribution in [3.63, 3.8) is 0 Å². The molecular formula is C8H13N3O2S. The number of unbranched alkanes of at least 4 members (excludes halogenated alkanes) is 1. The van der Waals surface area contributed by atoms with Crippen LogP contribution in [0.5, 0.6) is 0 Å². The molecule has 1 heterocycles. The number of aromatic nitrogens is 3. The molecule has 5 nitrogen and oxygen atoms in total. The first kappa shape index (κ1) is 11.0. The minimum absolute atomic E-state index is 0.208. The molecule has 1 N–H and O–H groups in total. The van der Waals surface area contributed by atoms with Gasteiger partial charge in [0, 0.05) is 0 Å². The first-order valence-corrected chi connectivity index (χ1v) is 5.45. The zero-order valence-electron chi connectivity index (χ0n) is 8.02. The van der Waals surface area contributed by atoms with Crippen LogP contribution in [0.3, 0.4) is 0 Å². The Morgan fingerprint density at radius 3 is 3.21 bits per heavy atom. The van der Waals surface area contributed by atoms with Gasteiger partial charge in [0.1, 0.15) is 6.33 Å². The third-order valence-electron chi connectivity index (χ3n) is 1.48. The lowest BCUT2D eigenvalue weighted by Gasteiger charge is -2.01. The molecule has 0 saturated carbocycles. The number of carbonyl (C=O) groups excluding carboxylic acids is 1. The fourth-order valence-corrected chi connectivity index (χ4v) is 1.34. The van der Waals surface area contributed by atoms with Crippen molar-refractivity contribution >= 4 is 17.7 Å². The van der Waals surface area contributed by atoms with Crippen LogP contribution in [0.2, 0.25) is 0 Å². The van der Waals surface area contributed by atoms with Crippen molar-refractivity contribution in [2.45, 2.75) is 24.9 Å². The van der Waals surface area contributed by atoms with E-state index >= 15 is 0 Å². The molecule has 0 spiro atoms. The topological polar surface area (TPSA) is 67.9 Å². The van der Waals surface area contributed by atoms with E-state index in [0.717, 1.165) is 12.8 Å². The van der Waals surface area contributed by atoms with Gasteiger partial charge in [-0.1, -0.05) is 25.1 Å². The van der Waals surface area contributed by atoms with Crippen molar-refractivity contribution in [1.29, 1.82) is 0 Å². The lowest BCUT2D eigenvalue weighted by atomic mass is 10.4. The molecule has 14 heavy (non-hydrogen) atoms. The molecule has 6 heteroatoms. The third kappa shape index (κ3) is 4.27. The number of H-pyrrole nitrogens is 1. The van der Waals surface area contributed by atoms with Crippen LogP contribution in [0.25, 0.3) is 0 Å². The van der Waals surface area contributed by atoms with Crippen LogP contribution in [0.15, 0.2) is 11.5 Å². The van der Waals surface area contributed by atoms with Gasteiger partial charge in [0.25, 0.3) is 0 Å². The lowest BCUT2D eigenvalue weighted by Crippen LogP contribution is -2.08. The van der Waals surface area contributed by atoms with E-state index in [1.807, 2.05) is 0 Å². The Morgan fingerprint density at radius 1 is 1.71 bits per heavy atom. The molecule has 0 aromatic carbocycles. The number of nitrogens with one attached hydrogen (secondary N) is 1. The Balaban J connectivity index is 2.09. The number of carbonyl (C=O) groups is 1. The predicted octanol–water partition coefficient (Wildman–Crippen LogP) is 1.24. The summed E-state index contributed by atoms with van der Waals surface area (Å²) in [6, 6.07) is 0. The lowest BCUT2D eigenvalue weighted by molar-refractivity contribution is -0.140. The predicted molar refractivity (Wildman–Crippen MR) is 53.0 cm³/mol. The third-order valence-corrected chi connectivity index (χ3v) is 2.33. The number of esters is 1. The maximum absolute atomic E-state index is 11.1. The summed E-state index contributed by atoms with van der Waals surface area (Å²) in [5, 5.41) is 6.96. The summed E-state index contributed by atoms with van der Waals surface area (Å²) in [4.78, 5) is 15.0. The molecule has 0 atom stereocenters. The molecule has 0 radical (unpaired) electrons. The molecule has 0 amide bonds. The maximum atomic E-state index is 11.1. The first-order chi connectivity index (χ1) is 6.83. The summed E-state index contributed by atoms with van der Waals surface area (Å²) in [5.74, 6) is 0.0682. The number of thioether (sulfide) groups is 1. The highest BCUT2D eigenvalue weighted by Gasteiger charge is 2.04. The molecule has 0 fully saturated rings. The van der Waals surface area contributed by atoms with E-state index in [9.17, 15) is 4.79 Å². The Kier molecular flexibility index (Phi) is 5.06. The Hall–Kier alpha value is -1.04. The molecule has 1 rings (SSSR count). The number of ether oxygens (including phenoxy) is 1. The second kappa shape index (κ2) is 6.42. The van der Waals surface area contributed by atoms with Crippen molar-refractivity contribution in [3.8, 4) is 0 Å². The van der Waals surface area contributed by atoms with Gasteiger partial charge >= 0.3 is 5.97 Å². The van der Waals surface area contributed by atoms with Gasteiger partial charge in [0.2, 0.25) is 0 Å². The molecule has 0 saturated heterocycles. The first-order valence-electron chi connectivity index (χ1n) is 4.46. The van der Waals surface area contributed by atoms with E-state index in [1.54, 1.807) is 0 Å². The van der Waals surface area contributed by atoms with Crippen molar-refractivity contribution in [1.82, 2.24) is 15.2 Å². The van der Waals surface area contributed by atoms with Crippen LogP contribution in [0.4, 0.5) is 0 Å². The summed E-state index contributed by atoms with van der Waals surface area (Å²) in [5.41, 5.74) is 0. The zero-order chi connectivity index (χ0) is 10.2. The largest absolute Gasteiger partial charge is 0.465 e. The van der Waals surface area contributed by atoms with Gasteiger partial charge in [-0.05, 0) is 6.42 Å². The molecule has 0 aliphatic rings. The molecule has 78 valence electrons. The summed E-state index contributed by atoms with van der Waals surface area (Å²) < 4.78 is 4.96. The van der Waals surface area contributed by atoms with E-state index in [4.69, 9.17) is 4.74 Å². The summed E-state index contributed by atoms with van der Waals surface area (Å²) in [7, 11) is 0. The average Bonchev–Trinajstić information content (AvgIpc) is 2.68. The van der Waals surface area contributed by atoms with Crippen LogP contribution >= 0.6 is 11.8 Å². The monoisotopic (exact) mass is 215 g/mol. The van der Waals surface area contributed by atoms with Crippen LogP contribution in [0.1, 0.15) is 19.8 Å². The zero-order valence-corrected chi connectivity index (χ0v) is 8.84. The van der Waals surface area contributed by atoms with Crippen LogP contribution in [0, 0.1) is 0 Å². The standard InChI is InChI=1S/C8H13N3O2S/c1-2-3-4-13-7(12)5-14-8-9-6-10-11-8/h6H,2-5H2,1H3,(H,9,10,11). The number of hydrogen-bond acceptors (Lipinski definition) is 5. The normalized spacial score (nSPS) is 10.1. The fourth-order valence-electron chi connectivity index (χ4n) is 0.763. The molecule has 0 aliphatic carbocycles. The average molecular weight is 215 g/mol.